The van der Waals surface area contributed by atoms with Crippen LogP contribution in [0.15, 0.2) is 59.2 Å². The Hall–Kier alpha value is -3.14. The number of likely N-dealkylation sites (tertiary alicyclic amines) is 1. The highest BCUT2D eigenvalue weighted by Gasteiger charge is 2.38. The number of hydrogen-bond donors (Lipinski definition) is 1. The Balaban J connectivity index is 0.00000387. The van der Waals surface area contributed by atoms with Crippen molar-refractivity contribution in [2.45, 2.75) is 51.5 Å². The molecule has 8 nitrogen and oxygen atoms in total. The largest absolute Gasteiger partial charge is 1.00 e. The van der Waals surface area contributed by atoms with E-state index in [-0.39, 0.29) is 36.0 Å². The van der Waals surface area contributed by atoms with Crippen molar-refractivity contribution in [2.75, 3.05) is 31.8 Å². The van der Waals surface area contributed by atoms with E-state index in [1.54, 1.807) is 6.07 Å². The van der Waals surface area contributed by atoms with Crippen molar-refractivity contribution in [2.24, 2.45) is 11.8 Å². The lowest BCUT2D eigenvalue weighted by molar-refractivity contribution is -0.884. The van der Waals surface area contributed by atoms with Crippen LogP contribution in [0.1, 0.15) is 65.7 Å². The summed E-state index contributed by atoms with van der Waals surface area (Å²) >= 11 is 1.30. The maximum absolute atomic E-state index is 14.2. The Morgan fingerprint density at radius 1 is 0.951 bits per heavy atom. The third-order valence-corrected chi connectivity index (χ3v) is 9.25. The minimum atomic E-state index is -0.716. The molecule has 0 radical (unpaired) electrons. The molecule has 41 heavy (non-hydrogen) atoms. The van der Waals surface area contributed by atoms with Crippen molar-refractivity contribution in [3.05, 3.63) is 65.4 Å². The van der Waals surface area contributed by atoms with Crippen molar-refractivity contribution < 1.29 is 45.6 Å². The van der Waals surface area contributed by atoms with Crippen LogP contribution in [0.3, 0.4) is 0 Å². The lowest BCUT2D eigenvalue weighted by Crippen LogP contribution is -3.10. The van der Waals surface area contributed by atoms with Crippen molar-refractivity contribution in [1.29, 1.82) is 0 Å². The van der Waals surface area contributed by atoms with Gasteiger partial charge in [-0.05, 0) is 55.4 Å². The number of piperidine rings is 1. The van der Waals surface area contributed by atoms with E-state index in [0.717, 1.165) is 62.1 Å². The molecular formula is C31H37ClN2O6S. The Labute approximate surface area is 251 Å². The van der Waals surface area contributed by atoms with E-state index >= 15 is 0 Å². The maximum atomic E-state index is 14.2. The fourth-order valence-corrected chi connectivity index (χ4v) is 6.72. The number of furan rings is 1. The molecule has 0 unspecified atom stereocenters. The van der Waals surface area contributed by atoms with Crippen LogP contribution < -0.4 is 22.2 Å². The predicted molar refractivity (Wildman–Crippen MR) is 152 cm³/mol. The number of amides is 1. The van der Waals surface area contributed by atoms with Crippen LogP contribution in [0.4, 0.5) is 5.69 Å². The summed E-state index contributed by atoms with van der Waals surface area (Å²) in [4.78, 5) is 44.5. The number of rotatable bonds is 8. The first-order chi connectivity index (χ1) is 19.4. The number of quaternary nitrogens is 1. The minimum Gasteiger partial charge on any atom is -1.00 e. The molecule has 0 spiro atoms. The highest BCUT2D eigenvalue weighted by Crippen LogP contribution is 2.41. The van der Waals surface area contributed by atoms with Gasteiger partial charge in [-0.2, -0.15) is 0 Å². The second-order valence-electron chi connectivity index (χ2n) is 11.0. The van der Waals surface area contributed by atoms with Crippen molar-refractivity contribution in [1.82, 2.24) is 0 Å². The smallest absolute Gasteiger partial charge is 0.377 e. The van der Waals surface area contributed by atoms with Gasteiger partial charge in [0, 0.05) is 29.7 Å². The van der Waals surface area contributed by atoms with E-state index in [2.05, 4.69) is 14.0 Å². The van der Waals surface area contributed by atoms with Gasteiger partial charge in [-0.25, -0.2) is 9.59 Å². The molecule has 0 bridgehead atoms. The average Bonchev–Trinajstić information content (AvgIpc) is 3.66. The Morgan fingerprint density at radius 2 is 1.63 bits per heavy atom. The van der Waals surface area contributed by atoms with Crippen molar-refractivity contribution in [3.8, 4) is 10.4 Å². The summed E-state index contributed by atoms with van der Waals surface area (Å²) < 4.78 is 15.6. The summed E-state index contributed by atoms with van der Waals surface area (Å²) in [6.07, 6.45) is 6.92. The quantitative estimate of drug-likeness (QED) is 0.313. The number of carbonyl (C=O) groups excluding carboxylic acids is 3. The standard InChI is InChI=1S/C31H36N2O6S.ClH/c1-21-10-12-23(13-11-21)29(34)33(24-14-16-32(2)17-15-24)25-19-27(22-7-4-3-5-8-22)40-28(25)31(36)39-20-38-30(35)26-9-6-18-37-26;/h3-9,18-19,21,23-24H,10-17,20H2,1-2H3;1H. The number of halogens is 1. The SMILES string of the molecule is CC1CCC(C(=O)N(c2cc(-c3ccccc3)sc2C(=O)OCOC(=O)c2ccco2)C2CC[NH+](C)CC2)CC1.[Cl-]. The van der Waals surface area contributed by atoms with Crippen LogP contribution >= 0.6 is 11.3 Å². The molecular weight excluding hydrogens is 564 g/mol. The fourth-order valence-electron chi connectivity index (χ4n) is 5.67. The highest BCUT2D eigenvalue weighted by molar-refractivity contribution is 7.18. The number of nitrogens with one attached hydrogen (secondary N) is 1. The third-order valence-electron chi connectivity index (χ3n) is 8.09. The summed E-state index contributed by atoms with van der Waals surface area (Å²) in [6.45, 7) is 3.63. The zero-order chi connectivity index (χ0) is 28.1. The second kappa shape index (κ2) is 14.2. The van der Waals surface area contributed by atoms with Gasteiger partial charge in [0.25, 0.3) is 0 Å². The molecule has 0 atom stereocenters. The van der Waals surface area contributed by atoms with Gasteiger partial charge < -0.3 is 36.1 Å². The Bertz CT molecular complexity index is 1300. The summed E-state index contributed by atoms with van der Waals surface area (Å²) in [5.74, 6) is -0.630. The predicted octanol–water partition coefficient (Wildman–Crippen LogP) is 1.82. The van der Waals surface area contributed by atoms with Gasteiger partial charge in [0.2, 0.25) is 18.5 Å². The number of carbonyl (C=O) groups is 3. The first kappa shape index (κ1) is 30.8. The molecule has 1 aromatic carbocycles. The molecule has 1 amide bonds. The van der Waals surface area contributed by atoms with Crippen LogP contribution in [0, 0.1) is 11.8 Å². The average molecular weight is 601 g/mol. The first-order valence-corrected chi connectivity index (χ1v) is 14.9. The number of benzene rings is 1. The van der Waals surface area contributed by atoms with Gasteiger partial charge in [-0.15, -0.1) is 11.3 Å². The molecule has 10 heteroatoms. The highest BCUT2D eigenvalue weighted by atomic mass is 35.5. The molecule has 1 N–H and O–H groups in total. The summed E-state index contributed by atoms with van der Waals surface area (Å²) in [5, 5.41) is 0. The van der Waals surface area contributed by atoms with Crippen molar-refractivity contribution in [3.63, 3.8) is 0 Å². The monoisotopic (exact) mass is 600 g/mol. The zero-order valence-corrected chi connectivity index (χ0v) is 25.0. The first-order valence-electron chi connectivity index (χ1n) is 14.1. The number of thiophene rings is 1. The normalized spacial score (nSPS) is 22.3. The van der Waals surface area contributed by atoms with Gasteiger partial charge in [-0.1, -0.05) is 37.3 Å². The molecule has 5 rings (SSSR count). The topological polar surface area (TPSA) is 90.5 Å². The second-order valence-corrected chi connectivity index (χ2v) is 12.1. The molecule has 3 heterocycles. The molecule has 2 fully saturated rings. The summed E-state index contributed by atoms with van der Waals surface area (Å²) in [7, 11) is 2.18. The number of hydrogen-bond acceptors (Lipinski definition) is 7. The van der Waals surface area contributed by atoms with E-state index in [4.69, 9.17) is 13.9 Å². The number of esters is 2. The Morgan fingerprint density at radius 3 is 2.29 bits per heavy atom. The summed E-state index contributed by atoms with van der Waals surface area (Å²) in [6, 6.07) is 14.9. The van der Waals surface area contributed by atoms with E-state index in [9.17, 15) is 14.4 Å². The molecule has 2 aliphatic rings. The van der Waals surface area contributed by atoms with Gasteiger partial charge in [0.15, 0.2) is 0 Å². The van der Waals surface area contributed by atoms with E-state index < -0.39 is 18.7 Å². The molecule has 220 valence electrons. The lowest BCUT2D eigenvalue weighted by Gasteiger charge is -2.38. The van der Waals surface area contributed by atoms with Gasteiger partial charge in [0.1, 0.15) is 4.88 Å². The Kier molecular flexibility index (Phi) is 10.6. The minimum absolute atomic E-state index is 0. The van der Waals surface area contributed by atoms with Crippen LogP contribution in [-0.4, -0.2) is 50.8 Å². The van der Waals surface area contributed by atoms with E-state index in [1.807, 2.05) is 41.3 Å². The zero-order valence-electron chi connectivity index (χ0n) is 23.5. The molecule has 1 aliphatic heterocycles. The number of ether oxygens (including phenoxy) is 2. The van der Waals surface area contributed by atoms with E-state index in [0.29, 0.717) is 16.5 Å². The number of nitrogens with zero attached hydrogens (tertiary/aromatic N) is 1. The molecule has 1 saturated heterocycles. The number of anilines is 1. The fraction of sp³-hybridized carbons (Fsp3) is 0.452. The van der Waals surface area contributed by atoms with Crippen LogP contribution in [0.5, 0.6) is 0 Å². The van der Waals surface area contributed by atoms with Gasteiger partial charge in [0.05, 0.1) is 32.1 Å². The molecule has 2 aromatic heterocycles. The maximum Gasteiger partial charge on any atom is 0.377 e. The van der Waals surface area contributed by atoms with Crippen LogP contribution in [0.2, 0.25) is 0 Å². The molecule has 1 saturated carbocycles. The molecule has 3 aromatic rings. The summed E-state index contributed by atoms with van der Waals surface area (Å²) in [5.41, 5.74) is 1.56. The lowest BCUT2D eigenvalue weighted by atomic mass is 9.82. The van der Waals surface area contributed by atoms with Crippen LogP contribution in [-0.2, 0) is 14.3 Å². The van der Waals surface area contributed by atoms with Crippen LogP contribution in [0.25, 0.3) is 10.4 Å². The van der Waals surface area contributed by atoms with Gasteiger partial charge >= 0.3 is 11.9 Å². The van der Waals surface area contributed by atoms with Crippen molar-refractivity contribution >= 4 is 34.9 Å². The van der Waals surface area contributed by atoms with E-state index in [1.165, 1.54) is 28.6 Å². The third kappa shape index (κ3) is 7.39. The molecule has 1 aliphatic carbocycles. The van der Waals surface area contributed by atoms with Gasteiger partial charge in [-0.3, -0.25) is 4.79 Å².